The number of benzene rings is 1. The molecule has 0 bridgehead atoms. The van der Waals surface area contributed by atoms with Crippen molar-refractivity contribution in [1.29, 1.82) is 0 Å². The highest BCUT2D eigenvalue weighted by Crippen LogP contribution is 2.31. The van der Waals surface area contributed by atoms with E-state index < -0.39 is 0 Å². The van der Waals surface area contributed by atoms with E-state index >= 15 is 0 Å². The van der Waals surface area contributed by atoms with Crippen molar-refractivity contribution in [3.8, 4) is 5.69 Å². The van der Waals surface area contributed by atoms with E-state index in [2.05, 4.69) is 25.7 Å². The van der Waals surface area contributed by atoms with Crippen molar-refractivity contribution in [3.05, 3.63) is 29.3 Å². The summed E-state index contributed by atoms with van der Waals surface area (Å²) in [6.07, 6.45) is 5.04. The lowest BCUT2D eigenvalue weighted by Crippen LogP contribution is -2.22. The van der Waals surface area contributed by atoms with Gasteiger partial charge in [0.25, 0.3) is 0 Å². The molecule has 2 aliphatic rings. The van der Waals surface area contributed by atoms with Gasteiger partial charge in [-0.3, -0.25) is 4.57 Å². The molecule has 2 fully saturated rings. The van der Waals surface area contributed by atoms with E-state index in [9.17, 15) is 0 Å². The van der Waals surface area contributed by atoms with Crippen LogP contribution >= 0.6 is 23.4 Å². The van der Waals surface area contributed by atoms with Crippen LogP contribution in [0.3, 0.4) is 0 Å². The molecule has 0 saturated carbocycles. The van der Waals surface area contributed by atoms with Crippen molar-refractivity contribution in [1.82, 2.24) is 14.8 Å². The number of nitrogens with zero attached hydrogens (tertiary/aromatic N) is 4. The molecule has 0 N–H and O–H groups in total. The molecule has 3 heterocycles. The number of halogens is 1. The van der Waals surface area contributed by atoms with Crippen LogP contribution < -0.4 is 4.90 Å². The summed E-state index contributed by atoms with van der Waals surface area (Å²) in [5, 5.41) is 10.6. The van der Waals surface area contributed by atoms with Gasteiger partial charge in [-0.1, -0.05) is 29.4 Å². The fraction of sp³-hybridized carbons (Fsp3) is 0.529. The fourth-order valence-electron chi connectivity index (χ4n) is 3.26. The van der Waals surface area contributed by atoms with Crippen LogP contribution in [0.5, 0.6) is 0 Å². The minimum Gasteiger partial charge on any atom is -0.377 e. The summed E-state index contributed by atoms with van der Waals surface area (Å²) in [5.41, 5.74) is 1.02. The molecule has 0 radical (unpaired) electrons. The third kappa shape index (κ3) is 3.41. The van der Waals surface area contributed by atoms with Gasteiger partial charge in [-0.15, -0.1) is 10.2 Å². The molecule has 0 spiro atoms. The largest absolute Gasteiger partial charge is 0.377 e. The first kappa shape index (κ1) is 16.2. The van der Waals surface area contributed by atoms with Crippen molar-refractivity contribution in [3.63, 3.8) is 0 Å². The normalized spacial score (nSPS) is 20.9. The van der Waals surface area contributed by atoms with E-state index in [-0.39, 0.29) is 0 Å². The fourth-order valence-corrected chi connectivity index (χ4v) is 4.46. The number of aromatic nitrogens is 3. The van der Waals surface area contributed by atoms with Gasteiger partial charge in [0, 0.05) is 30.5 Å². The summed E-state index contributed by atoms with van der Waals surface area (Å²) in [5.74, 6) is 1.84. The molecule has 1 aromatic heterocycles. The number of thioether (sulfide) groups is 1. The van der Waals surface area contributed by atoms with Crippen molar-refractivity contribution >= 4 is 29.3 Å². The number of ether oxygens (including phenoxy) is 1. The second-order valence-corrected chi connectivity index (χ2v) is 7.66. The Morgan fingerprint density at radius 2 is 2.08 bits per heavy atom. The Morgan fingerprint density at radius 1 is 1.21 bits per heavy atom. The molecule has 5 nitrogen and oxygen atoms in total. The van der Waals surface area contributed by atoms with Gasteiger partial charge in [-0.25, -0.2) is 0 Å². The van der Waals surface area contributed by atoms with Gasteiger partial charge < -0.3 is 9.64 Å². The molecular formula is C17H21ClN4OS. The van der Waals surface area contributed by atoms with Gasteiger partial charge in [0.2, 0.25) is 5.95 Å². The average molecular weight is 365 g/mol. The van der Waals surface area contributed by atoms with Gasteiger partial charge in [-0.05, 0) is 43.9 Å². The van der Waals surface area contributed by atoms with Crippen LogP contribution in [0.15, 0.2) is 29.4 Å². The van der Waals surface area contributed by atoms with E-state index in [1.165, 1.54) is 12.8 Å². The third-order valence-electron chi connectivity index (χ3n) is 4.49. The summed E-state index contributed by atoms with van der Waals surface area (Å²) < 4.78 is 7.87. The maximum Gasteiger partial charge on any atom is 0.232 e. The summed E-state index contributed by atoms with van der Waals surface area (Å²) >= 11 is 7.93. The van der Waals surface area contributed by atoms with Crippen molar-refractivity contribution in [2.45, 2.75) is 36.9 Å². The molecule has 2 aliphatic heterocycles. The highest BCUT2D eigenvalue weighted by atomic mass is 35.5. The molecule has 2 saturated heterocycles. The zero-order valence-corrected chi connectivity index (χ0v) is 15.1. The van der Waals surface area contributed by atoms with Gasteiger partial charge in [0.15, 0.2) is 5.16 Å². The van der Waals surface area contributed by atoms with Crippen LogP contribution in [-0.2, 0) is 4.74 Å². The molecular weight excluding hydrogens is 344 g/mol. The molecule has 24 heavy (non-hydrogen) atoms. The molecule has 4 rings (SSSR count). The summed E-state index contributed by atoms with van der Waals surface area (Å²) in [6.45, 7) is 2.95. The maximum atomic E-state index is 6.21. The lowest BCUT2D eigenvalue weighted by atomic mass is 10.3. The van der Waals surface area contributed by atoms with Crippen molar-refractivity contribution in [2.24, 2.45) is 0 Å². The number of hydrogen-bond acceptors (Lipinski definition) is 5. The first-order valence-corrected chi connectivity index (χ1v) is 9.88. The molecule has 1 unspecified atom stereocenters. The predicted octanol–water partition coefficient (Wildman–Crippen LogP) is 3.79. The Hall–Kier alpha value is -1.24. The van der Waals surface area contributed by atoms with E-state index in [0.717, 1.165) is 60.1 Å². The Kier molecular flexibility index (Phi) is 4.96. The third-order valence-corrected chi connectivity index (χ3v) is 5.79. The lowest BCUT2D eigenvalue weighted by molar-refractivity contribution is 0.129. The van der Waals surface area contributed by atoms with Gasteiger partial charge >= 0.3 is 0 Å². The molecule has 2 aromatic rings. The molecule has 128 valence electrons. The Balaban J connectivity index is 1.64. The van der Waals surface area contributed by atoms with Crippen LogP contribution in [0.1, 0.15) is 25.7 Å². The van der Waals surface area contributed by atoms with Gasteiger partial charge in [-0.2, -0.15) is 0 Å². The Bertz CT molecular complexity index is 696. The Labute approximate surface area is 151 Å². The first-order chi connectivity index (χ1) is 11.8. The average Bonchev–Trinajstić information content (AvgIpc) is 3.33. The lowest BCUT2D eigenvalue weighted by Gasteiger charge is -2.18. The van der Waals surface area contributed by atoms with Crippen molar-refractivity contribution in [2.75, 3.05) is 30.3 Å². The SMILES string of the molecule is Clc1cccc(-n2c(SCC3CCCO3)nnc2N2CCCC2)c1. The van der Waals surface area contributed by atoms with Gasteiger partial charge in [0.05, 0.1) is 11.8 Å². The summed E-state index contributed by atoms with van der Waals surface area (Å²) in [7, 11) is 0. The molecule has 0 amide bonds. The molecule has 7 heteroatoms. The smallest absolute Gasteiger partial charge is 0.232 e. The van der Waals surface area contributed by atoms with Crippen LogP contribution in [0, 0.1) is 0 Å². The van der Waals surface area contributed by atoms with E-state index in [0.29, 0.717) is 6.10 Å². The Morgan fingerprint density at radius 3 is 2.83 bits per heavy atom. The summed E-state index contributed by atoms with van der Waals surface area (Å²) in [6, 6.07) is 7.90. The first-order valence-electron chi connectivity index (χ1n) is 8.52. The van der Waals surface area contributed by atoms with Crippen LogP contribution in [0.2, 0.25) is 5.02 Å². The van der Waals surface area contributed by atoms with Crippen LogP contribution in [0.25, 0.3) is 5.69 Å². The minimum atomic E-state index is 0.328. The molecule has 1 atom stereocenters. The topological polar surface area (TPSA) is 43.2 Å². The molecule has 0 aliphatic carbocycles. The zero-order valence-electron chi connectivity index (χ0n) is 13.5. The highest BCUT2D eigenvalue weighted by Gasteiger charge is 2.24. The quantitative estimate of drug-likeness (QED) is 0.755. The standard InChI is InChI=1S/C17H21ClN4OS/c18-13-5-3-6-14(11-13)22-16(21-8-1-2-9-21)19-20-17(22)24-12-15-7-4-10-23-15/h3,5-6,11,15H,1-2,4,7-10,12H2. The zero-order chi connectivity index (χ0) is 16.4. The van der Waals surface area contributed by atoms with Gasteiger partial charge in [0.1, 0.15) is 0 Å². The number of rotatable bonds is 5. The maximum absolute atomic E-state index is 6.21. The second kappa shape index (κ2) is 7.33. The van der Waals surface area contributed by atoms with E-state index in [1.807, 2.05) is 18.2 Å². The predicted molar refractivity (Wildman–Crippen MR) is 97.5 cm³/mol. The van der Waals surface area contributed by atoms with Crippen LogP contribution in [0.4, 0.5) is 5.95 Å². The molecule has 1 aromatic carbocycles. The van der Waals surface area contributed by atoms with E-state index in [1.54, 1.807) is 11.8 Å². The minimum absolute atomic E-state index is 0.328. The second-order valence-electron chi connectivity index (χ2n) is 6.24. The monoisotopic (exact) mass is 364 g/mol. The van der Waals surface area contributed by atoms with Crippen LogP contribution in [-0.4, -0.2) is 46.3 Å². The number of hydrogen-bond donors (Lipinski definition) is 0. The van der Waals surface area contributed by atoms with Crippen molar-refractivity contribution < 1.29 is 4.74 Å². The number of anilines is 1. The highest BCUT2D eigenvalue weighted by molar-refractivity contribution is 7.99. The van der Waals surface area contributed by atoms with E-state index in [4.69, 9.17) is 16.3 Å². The summed E-state index contributed by atoms with van der Waals surface area (Å²) in [4.78, 5) is 2.31.